The average molecular weight is 923 g/mol. The third kappa shape index (κ3) is 10.4. The van der Waals surface area contributed by atoms with Crippen molar-refractivity contribution < 1.29 is 38.2 Å². The number of carbonyl (C=O) groups is 6. The third-order valence-corrected chi connectivity index (χ3v) is 13.8. The maximum Gasteiger partial charge on any atom is 0.329 e. The molecule has 0 aliphatic carbocycles. The van der Waals surface area contributed by atoms with Gasteiger partial charge in [0, 0.05) is 33.0 Å². The second kappa shape index (κ2) is 22.9. The predicted octanol–water partition coefficient (Wildman–Crippen LogP) is 13.5. The predicted molar refractivity (Wildman–Crippen MR) is 271 cm³/mol. The summed E-state index contributed by atoms with van der Waals surface area (Å²) in [5.74, 6) is -3.33. The molecule has 0 bridgehead atoms. The van der Waals surface area contributed by atoms with Crippen molar-refractivity contribution in [3.63, 3.8) is 0 Å². The molecule has 360 valence electrons. The zero-order valence-electron chi connectivity index (χ0n) is 40.8. The Morgan fingerprint density at radius 2 is 0.721 bits per heavy atom. The lowest BCUT2D eigenvalue weighted by molar-refractivity contribution is -0.149. The summed E-state index contributed by atoms with van der Waals surface area (Å²) in [4.78, 5) is 88.1. The molecule has 5 aromatic carbocycles. The number of imide groups is 2. The number of rotatable bonds is 28. The highest BCUT2D eigenvalue weighted by atomic mass is 16.5. The molecule has 4 amide bonds. The fraction of sp³-hybridized carbons (Fsp3) is 0.483. The zero-order valence-corrected chi connectivity index (χ0v) is 40.8. The molecule has 0 saturated carbocycles. The monoisotopic (exact) mass is 923 g/mol. The molecule has 68 heavy (non-hydrogen) atoms. The van der Waals surface area contributed by atoms with E-state index in [2.05, 4.69) is 13.2 Å². The lowest BCUT2D eigenvalue weighted by Gasteiger charge is -2.34. The minimum Gasteiger partial charge on any atom is -0.464 e. The number of unbranched alkanes of at least 4 members (excludes halogenated alkanes) is 14. The normalized spacial score (nSPS) is 14.6. The van der Waals surface area contributed by atoms with Crippen LogP contribution in [0.2, 0.25) is 0 Å². The van der Waals surface area contributed by atoms with Crippen molar-refractivity contribution in [1.29, 1.82) is 0 Å². The van der Waals surface area contributed by atoms with Gasteiger partial charge in [-0.05, 0) is 120 Å². The average Bonchev–Trinajstić information content (AvgIpc) is 3.32. The lowest BCUT2D eigenvalue weighted by atomic mass is 9.81. The van der Waals surface area contributed by atoms with Gasteiger partial charge in [0.15, 0.2) is 0 Å². The molecule has 0 saturated heterocycles. The van der Waals surface area contributed by atoms with Crippen LogP contribution < -0.4 is 0 Å². The van der Waals surface area contributed by atoms with Gasteiger partial charge < -0.3 is 9.47 Å². The molecule has 0 radical (unpaired) electrons. The first kappa shape index (κ1) is 50.0. The number of ether oxygens (including phenoxy) is 2. The summed E-state index contributed by atoms with van der Waals surface area (Å²) in [5, 5.41) is 5.51. The van der Waals surface area contributed by atoms with E-state index in [4.69, 9.17) is 9.47 Å². The Kier molecular flexibility index (Phi) is 16.9. The Hall–Kier alpha value is -5.90. The minimum absolute atomic E-state index is 0.00206. The number of fused-ring (bicyclic) bond motifs is 2. The third-order valence-electron chi connectivity index (χ3n) is 13.8. The molecule has 10 heteroatoms. The van der Waals surface area contributed by atoms with Crippen LogP contribution in [0.25, 0.3) is 43.1 Å². The molecule has 10 nitrogen and oxygen atoms in total. The highest BCUT2D eigenvalue weighted by Gasteiger charge is 2.44. The molecule has 2 aliphatic rings. The van der Waals surface area contributed by atoms with Gasteiger partial charge in [0.2, 0.25) is 0 Å². The first-order valence-electron chi connectivity index (χ1n) is 25.4. The maximum absolute atomic E-state index is 14.6. The molecule has 0 fully saturated rings. The lowest BCUT2D eigenvalue weighted by Crippen LogP contribution is -2.51. The largest absolute Gasteiger partial charge is 0.464 e. The van der Waals surface area contributed by atoms with Crippen molar-refractivity contribution in [1.82, 2.24) is 9.80 Å². The molecular weight excluding hydrogens is 853 g/mol. The number of carbonyl (C=O) groups excluding carboxylic acids is 6. The Labute approximate surface area is 401 Å². The quantitative estimate of drug-likeness (QED) is 0.0121. The van der Waals surface area contributed by atoms with Crippen LogP contribution in [0, 0.1) is 11.8 Å². The Morgan fingerprint density at radius 3 is 1.00 bits per heavy atom. The minimum atomic E-state index is -1.08. The Bertz CT molecular complexity index is 2390. The standard InChI is InChI=1S/C58H70N2O8/c1-7-9-11-13-15-17-19-21-23-33-67-57(65)47(35-37(3)4)59-53(61)43-29-25-39-41-27-31-45-52-46(32-28-42(50(41)52)40-26-30-44(54(59)62)51(43)49(39)40)56(64)60(55(45)63)48(36-38(5)6)58(66)68-34-24-22-20-18-16-14-12-10-8-2/h7-8,25-32,37-38,47-48H,1-2,9-24,33-36H2,3-6H3/t47-,48-/m0/s1. The highest BCUT2D eigenvalue weighted by Crippen LogP contribution is 2.47. The number of hydrogen-bond acceptors (Lipinski definition) is 8. The molecule has 0 unspecified atom stereocenters. The first-order chi connectivity index (χ1) is 32.9. The van der Waals surface area contributed by atoms with E-state index in [-0.39, 0.29) is 37.9 Å². The van der Waals surface area contributed by atoms with E-state index in [0.29, 0.717) is 45.9 Å². The number of esters is 2. The molecule has 5 aromatic rings. The van der Waals surface area contributed by atoms with Gasteiger partial charge in [0.05, 0.1) is 13.2 Å². The van der Waals surface area contributed by atoms with E-state index in [1.807, 2.05) is 64.1 Å². The number of amides is 4. The Morgan fingerprint density at radius 1 is 0.441 bits per heavy atom. The molecular formula is C58H70N2O8. The number of hydrogen-bond donors (Lipinski definition) is 0. The van der Waals surface area contributed by atoms with E-state index < -0.39 is 47.7 Å². The fourth-order valence-corrected chi connectivity index (χ4v) is 10.5. The van der Waals surface area contributed by atoms with E-state index in [1.54, 1.807) is 24.3 Å². The first-order valence-corrected chi connectivity index (χ1v) is 25.4. The summed E-state index contributed by atoms with van der Waals surface area (Å²) in [7, 11) is 0. The molecule has 0 aromatic heterocycles. The SMILES string of the molecule is C=CCCCCCCCCCOC(=O)[C@H](CC(C)C)N1C(=O)c2ccc3c4ccc5c6c(ccc(c7ccc(c2c37)C1=O)c64)C(=O)N([C@@H](CC(C)C)C(=O)OCCCCCCCCCC=C)C5=O. The van der Waals surface area contributed by atoms with Crippen LogP contribution in [-0.4, -0.2) is 70.7 Å². The van der Waals surface area contributed by atoms with Crippen LogP contribution in [0.15, 0.2) is 73.8 Å². The van der Waals surface area contributed by atoms with Crippen LogP contribution in [0.4, 0.5) is 0 Å². The van der Waals surface area contributed by atoms with Crippen molar-refractivity contribution in [2.75, 3.05) is 13.2 Å². The van der Waals surface area contributed by atoms with Gasteiger partial charge in [-0.25, -0.2) is 9.59 Å². The van der Waals surface area contributed by atoms with Crippen molar-refractivity contribution in [2.24, 2.45) is 11.8 Å². The topological polar surface area (TPSA) is 127 Å². The van der Waals surface area contributed by atoms with E-state index in [1.165, 1.54) is 25.7 Å². The summed E-state index contributed by atoms with van der Waals surface area (Å²) in [6.07, 6.45) is 21.2. The van der Waals surface area contributed by atoms with Gasteiger partial charge in [0.1, 0.15) is 12.1 Å². The van der Waals surface area contributed by atoms with E-state index in [9.17, 15) is 28.8 Å². The smallest absolute Gasteiger partial charge is 0.329 e. The molecule has 0 N–H and O–H groups in total. The number of benzene rings is 5. The van der Waals surface area contributed by atoms with Crippen LogP contribution in [0.5, 0.6) is 0 Å². The van der Waals surface area contributed by atoms with Crippen molar-refractivity contribution in [3.8, 4) is 0 Å². The summed E-state index contributed by atoms with van der Waals surface area (Å²) in [6.45, 7) is 15.8. The summed E-state index contributed by atoms with van der Waals surface area (Å²) >= 11 is 0. The number of allylic oxidation sites excluding steroid dienone is 2. The highest BCUT2D eigenvalue weighted by molar-refractivity contribution is 6.41. The Balaban J connectivity index is 1.13. The van der Waals surface area contributed by atoms with Crippen molar-refractivity contribution >= 4 is 78.7 Å². The van der Waals surface area contributed by atoms with E-state index >= 15 is 0 Å². The second-order valence-electron chi connectivity index (χ2n) is 19.8. The van der Waals surface area contributed by atoms with Crippen molar-refractivity contribution in [2.45, 2.75) is 155 Å². The molecule has 2 atom stereocenters. The van der Waals surface area contributed by atoms with Crippen LogP contribution in [-0.2, 0) is 19.1 Å². The van der Waals surface area contributed by atoms with Crippen LogP contribution >= 0.6 is 0 Å². The van der Waals surface area contributed by atoms with E-state index in [0.717, 1.165) is 106 Å². The van der Waals surface area contributed by atoms with Gasteiger partial charge in [-0.15, -0.1) is 13.2 Å². The summed E-state index contributed by atoms with van der Waals surface area (Å²) < 4.78 is 11.6. The zero-order chi connectivity index (χ0) is 48.5. The summed E-state index contributed by atoms with van der Waals surface area (Å²) in [6, 6.07) is 12.1. The van der Waals surface area contributed by atoms with Gasteiger partial charge in [-0.3, -0.25) is 29.0 Å². The number of nitrogens with zero attached hydrogens (tertiary/aromatic N) is 2. The fourth-order valence-electron chi connectivity index (χ4n) is 10.5. The van der Waals surface area contributed by atoms with Gasteiger partial charge in [-0.2, -0.15) is 0 Å². The van der Waals surface area contributed by atoms with Gasteiger partial charge in [0.25, 0.3) is 23.6 Å². The second-order valence-corrected chi connectivity index (χ2v) is 19.8. The van der Waals surface area contributed by atoms with Crippen molar-refractivity contribution in [3.05, 3.63) is 96.1 Å². The molecule has 2 heterocycles. The van der Waals surface area contributed by atoms with Gasteiger partial charge in [-0.1, -0.05) is 128 Å². The molecule has 2 aliphatic heterocycles. The summed E-state index contributed by atoms with van der Waals surface area (Å²) in [5.41, 5.74) is 1.29. The van der Waals surface area contributed by atoms with Crippen LogP contribution in [0.3, 0.4) is 0 Å². The van der Waals surface area contributed by atoms with Gasteiger partial charge >= 0.3 is 11.9 Å². The van der Waals surface area contributed by atoms with Crippen LogP contribution in [0.1, 0.15) is 185 Å². The molecule has 7 rings (SSSR count). The molecule has 0 spiro atoms. The maximum atomic E-state index is 14.6.